The van der Waals surface area contributed by atoms with Crippen LogP contribution in [0.1, 0.15) is 54.1 Å². The molecule has 1 aliphatic carbocycles. The smallest absolute Gasteiger partial charge is 0.287 e. The molecule has 7 nitrogen and oxygen atoms in total. The fourth-order valence-electron chi connectivity index (χ4n) is 3.38. The molecule has 0 atom stereocenters. The van der Waals surface area contributed by atoms with Crippen molar-refractivity contribution in [3.8, 4) is 0 Å². The maximum Gasteiger partial charge on any atom is 0.287 e. The van der Waals surface area contributed by atoms with Gasteiger partial charge in [0.25, 0.3) is 5.91 Å². The van der Waals surface area contributed by atoms with Crippen LogP contribution in [0.2, 0.25) is 0 Å². The Labute approximate surface area is 146 Å². The van der Waals surface area contributed by atoms with Gasteiger partial charge in [-0.3, -0.25) is 4.79 Å². The number of carbonyl (C=O) groups excluding carboxylic acids is 1. The van der Waals surface area contributed by atoms with E-state index in [0.29, 0.717) is 24.4 Å². The van der Waals surface area contributed by atoms with Gasteiger partial charge in [-0.05, 0) is 25.2 Å². The molecule has 2 heterocycles. The molecule has 0 bridgehead atoms. The molecule has 25 heavy (non-hydrogen) atoms. The summed E-state index contributed by atoms with van der Waals surface area (Å²) < 4.78 is 7.82. The molecule has 0 aromatic carbocycles. The minimum Gasteiger partial charge on any atom is -0.455 e. The number of amides is 1. The van der Waals surface area contributed by atoms with E-state index < -0.39 is 0 Å². The lowest BCUT2D eigenvalue weighted by atomic mass is 9.75. The Morgan fingerprint density at radius 1 is 1.48 bits per heavy atom. The Hall–Kier alpha value is -2.57. The number of fused-ring (bicyclic) bond motifs is 1. The van der Waals surface area contributed by atoms with E-state index in [1.54, 1.807) is 12.5 Å². The summed E-state index contributed by atoms with van der Waals surface area (Å²) in [6.07, 6.45) is 7.56. The molecule has 2 aromatic rings. The van der Waals surface area contributed by atoms with Crippen LogP contribution >= 0.6 is 0 Å². The monoisotopic (exact) mass is 344 g/mol. The molecular weight excluding hydrogens is 320 g/mol. The molecular formula is C18H24N4O3. The van der Waals surface area contributed by atoms with Crippen molar-refractivity contribution >= 4 is 11.6 Å². The maximum atomic E-state index is 12.5. The van der Waals surface area contributed by atoms with E-state index in [0.717, 1.165) is 36.3 Å². The molecule has 3 rings (SSSR count). The van der Waals surface area contributed by atoms with Gasteiger partial charge in [0.15, 0.2) is 5.76 Å². The van der Waals surface area contributed by atoms with Crippen LogP contribution < -0.4 is 5.32 Å². The SMILES string of the molecule is Cc1c(C(=O)NCCCn2ccnc2)oc2c1/C(=N/O)CC(C)(C)C2. The number of rotatable bonds is 5. The van der Waals surface area contributed by atoms with Crippen molar-refractivity contribution in [1.29, 1.82) is 0 Å². The zero-order valence-electron chi connectivity index (χ0n) is 14.9. The highest BCUT2D eigenvalue weighted by Crippen LogP contribution is 2.38. The van der Waals surface area contributed by atoms with Crippen LogP contribution in [0.25, 0.3) is 0 Å². The number of nitrogens with one attached hydrogen (secondary N) is 1. The van der Waals surface area contributed by atoms with Crippen molar-refractivity contribution in [2.45, 2.75) is 46.6 Å². The lowest BCUT2D eigenvalue weighted by Gasteiger charge is -2.28. The van der Waals surface area contributed by atoms with Crippen molar-refractivity contribution in [3.05, 3.63) is 41.4 Å². The molecule has 1 amide bonds. The van der Waals surface area contributed by atoms with E-state index in [4.69, 9.17) is 4.42 Å². The standard InChI is InChI=1S/C18H24N4O3/c1-12-15-13(21-24)9-18(2,3)10-14(15)25-16(12)17(23)20-5-4-7-22-8-6-19-11-22/h6,8,11,24H,4-5,7,9-10H2,1-3H3,(H,20,23)/b21-13+. The van der Waals surface area contributed by atoms with Gasteiger partial charge in [0.05, 0.1) is 12.0 Å². The van der Waals surface area contributed by atoms with Crippen LogP contribution in [0, 0.1) is 12.3 Å². The summed E-state index contributed by atoms with van der Waals surface area (Å²) >= 11 is 0. The zero-order chi connectivity index (χ0) is 18.0. The van der Waals surface area contributed by atoms with E-state index in [1.165, 1.54) is 0 Å². The highest BCUT2D eigenvalue weighted by molar-refractivity contribution is 6.06. The molecule has 0 aliphatic heterocycles. The first-order valence-electron chi connectivity index (χ1n) is 8.49. The van der Waals surface area contributed by atoms with Crippen molar-refractivity contribution in [3.63, 3.8) is 0 Å². The Bertz CT molecular complexity index is 788. The summed E-state index contributed by atoms with van der Waals surface area (Å²) in [4.78, 5) is 16.5. The van der Waals surface area contributed by atoms with Crippen molar-refractivity contribution in [1.82, 2.24) is 14.9 Å². The Balaban J connectivity index is 1.68. The second-order valence-electron chi connectivity index (χ2n) is 7.33. The van der Waals surface area contributed by atoms with Gasteiger partial charge in [-0.25, -0.2) is 4.98 Å². The Morgan fingerprint density at radius 3 is 2.96 bits per heavy atom. The number of carbonyl (C=O) groups is 1. The second-order valence-corrected chi connectivity index (χ2v) is 7.33. The van der Waals surface area contributed by atoms with E-state index in [1.807, 2.05) is 17.7 Å². The number of hydrogen-bond acceptors (Lipinski definition) is 5. The highest BCUT2D eigenvalue weighted by Gasteiger charge is 2.36. The number of aryl methyl sites for hydroxylation is 1. The lowest BCUT2D eigenvalue weighted by Crippen LogP contribution is -2.27. The molecule has 0 saturated heterocycles. The van der Waals surface area contributed by atoms with Crippen molar-refractivity contribution in [2.75, 3.05) is 6.54 Å². The third-order valence-corrected chi connectivity index (χ3v) is 4.56. The van der Waals surface area contributed by atoms with Gasteiger partial charge in [-0.15, -0.1) is 0 Å². The third-order valence-electron chi connectivity index (χ3n) is 4.56. The van der Waals surface area contributed by atoms with Gasteiger partial charge in [-0.2, -0.15) is 0 Å². The van der Waals surface area contributed by atoms with Crippen molar-refractivity contribution in [2.24, 2.45) is 10.6 Å². The normalized spacial score (nSPS) is 17.5. The minimum absolute atomic E-state index is 0.0581. The van der Waals surface area contributed by atoms with Gasteiger partial charge in [0, 0.05) is 43.0 Å². The number of oxime groups is 1. The third kappa shape index (κ3) is 3.60. The van der Waals surface area contributed by atoms with E-state index >= 15 is 0 Å². The minimum atomic E-state index is -0.229. The number of imidazole rings is 1. The Morgan fingerprint density at radius 2 is 2.28 bits per heavy atom. The summed E-state index contributed by atoms with van der Waals surface area (Å²) in [7, 11) is 0. The summed E-state index contributed by atoms with van der Waals surface area (Å²) in [5, 5.41) is 15.7. The van der Waals surface area contributed by atoms with E-state index in [2.05, 4.69) is 29.3 Å². The van der Waals surface area contributed by atoms with Crippen LogP contribution in [-0.2, 0) is 13.0 Å². The van der Waals surface area contributed by atoms with Gasteiger partial charge in [-0.1, -0.05) is 19.0 Å². The fraction of sp³-hybridized carbons (Fsp3) is 0.500. The lowest BCUT2D eigenvalue weighted by molar-refractivity contribution is 0.0921. The molecule has 0 radical (unpaired) electrons. The van der Waals surface area contributed by atoms with Crippen LogP contribution in [0.4, 0.5) is 0 Å². The summed E-state index contributed by atoms with van der Waals surface area (Å²) in [5.41, 5.74) is 2.06. The molecule has 0 unspecified atom stereocenters. The van der Waals surface area contributed by atoms with Crippen LogP contribution in [0.5, 0.6) is 0 Å². The predicted molar refractivity (Wildman–Crippen MR) is 93.0 cm³/mol. The molecule has 2 aromatic heterocycles. The number of furan rings is 1. The molecule has 2 N–H and O–H groups in total. The first-order chi connectivity index (χ1) is 11.9. The van der Waals surface area contributed by atoms with Gasteiger partial charge < -0.3 is 19.5 Å². The average Bonchev–Trinajstić information content (AvgIpc) is 3.18. The Kier molecular flexibility index (Phi) is 4.65. The van der Waals surface area contributed by atoms with Gasteiger partial charge in [0.2, 0.25) is 0 Å². The van der Waals surface area contributed by atoms with E-state index in [-0.39, 0.29) is 11.3 Å². The molecule has 134 valence electrons. The number of nitrogens with zero attached hydrogens (tertiary/aromatic N) is 3. The second kappa shape index (κ2) is 6.74. The number of aromatic nitrogens is 2. The van der Waals surface area contributed by atoms with Gasteiger partial charge in [0.1, 0.15) is 5.76 Å². The fourth-order valence-corrected chi connectivity index (χ4v) is 3.38. The average molecular weight is 344 g/mol. The molecule has 0 saturated carbocycles. The van der Waals surface area contributed by atoms with Gasteiger partial charge >= 0.3 is 0 Å². The summed E-state index contributed by atoms with van der Waals surface area (Å²) in [6.45, 7) is 7.37. The topological polar surface area (TPSA) is 92.7 Å². The largest absolute Gasteiger partial charge is 0.455 e. The first kappa shape index (κ1) is 17.3. The first-order valence-corrected chi connectivity index (χ1v) is 8.49. The summed E-state index contributed by atoms with van der Waals surface area (Å²) in [6, 6.07) is 0. The molecule has 1 aliphatic rings. The molecule has 7 heteroatoms. The molecule has 0 fully saturated rings. The van der Waals surface area contributed by atoms with Crippen molar-refractivity contribution < 1.29 is 14.4 Å². The van der Waals surface area contributed by atoms with Crippen LogP contribution in [-0.4, -0.2) is 32.9 Å². The zero-order valence-corrected chi connectivity index (χ0v) is 14.9. The predicted octanol–water partition coefficient (Wildman–Crippen LogP) is 2.76. The van der Waals surface area contributed by atoms with Crippen LogP contribution in [0.15, 0.2) is 28.3 Å². The van der Waals surface area contributed by atoms with E-state index in [9.17, 15) is 10.0 Å². The quantitative estimate of drug-likeness (QED) is 0.495. The number of hydrogen-bond donors (Lipinski definition) is 2. The molecule has 0 spiro atoms. The highest BCUT2D eigenvalue weighted by atomic mass is 16.4. The van der Waals surface area contributed by atoms with Crippen LogP contribution in [0.3, 0.4) is 0 Å². The summed E-state index contributed by atoms with van der Waals surface area (Å²) in [5.74, 6) is 0.809. The maximum absolute atomic E-state index is 12.5.